The van der Waals surface area contributed by atoms with Crippen molar-refractivity contribution >= 4 is 21.7 Å². The van der Waals surface area contributed by atoms with Crippen LogP contribution in [-0.2, 0) is 0 Å². The maximum atomic E-state index is 6.10. The van der Waals surface area contributed by atoms with E-state index >= 15 is 0 Å². The molecule has 0 atom stereocenters. The fourth-order valence-electron chi connectivity index (χ4n) is 3.18. The van der Waals surface area contributed by atoms with Gasteiger partial charge in [-0.3, -0.25) is 0 Å². The molecule has 152 valence electrons. The number of benzene rings is 1. The summed E-state index contributed by atoms with van der Waals surface area (Å²) in [5.41, 5.74) is 0.839. The predicted molar refractivity (Wildman–Crippen MR) is 115 cm³/mol. The Morgan fingerprint density at radius 3 is 2.00 bits per heavy atom. The van der Waals surface area contributed by atoms with Crippen molar-refractivity contribution < 1.29 is 9.47 Å². The molecule has 2 rings (SSSR count). The van der Waals surface area contributed by atoms with Crippen molar-refractivity contribution in [2.75, 3.05) is 13.2 Å². The number of fused-ring (bicyclic) bond motifs is 1. The molecule has 0 aliphatic heterocycles. The maximum Gasteiger partial charge on any atom is 0.190 e. The van der Waals surface area contributed by atoms with Crippen LogP contribution >= 0.6 is 11.5 Å². The summed E-state index contributed by atoms with van der Waals surface area (Å²) >= 11 is 1.41. The van der Waals surface area contributed by atoms with E-state index in [4.69, 9.17) is 9.47 Å². The zero-order valence-electron chi connectivity index (χ0n) is 17.2. The van der Waals surface area contributed by atoms with Crippen LogP contribution in [0, 0.1) is 0 Å². The van der Waals surface area contributed by atoms with Gasteiger partial charge >= 0.3 is 0 Å². The quantitative estimate of drug-likeness (QED) is 0.284. The summed E-state index contributed by atoms with van der Waals surface area (Å²) in [5.74, 6) is 1.59. The van der Waals surface area contributed by atoms with E-state index in [0.29, 0.717) is 0 Å². The summed E-state index contributed by atoms with van der Waals surface area (Å²) in [6.45, 7) is 5.95. The zero-order chi connectivity index (χ0) is 19.2. The van der Waals surface area contributed by atoms with E-state index in [-0.39, 0.29) is 0 Å². The highest BCUT2D eigenvalue weighted by Gasteiger charge is 2.14. The van der Waals surface area contributed by atoms with E-state index in [2.05, 4.69) is 23.4 Å². The van der Waals surface area contributed by atoms with Gasteiger partial charge in [-0.1, -0.05) is 82.5 Å². The molecule has 1 aromatic carbocycles. The molecule has 0 N–H and O–H groups in total. The highest BCUT2D eigenvalue weighted by atomic mass is 32.1. The van der Waals surface area contributed by atoms with E-state index in [1.807, 2.05) is 12.1 Å². The number of unbranched alkanes of at least 4 members (excludes halogenated alkanes) is 10. The molecule has 5 heteroatoms. The molecule has 0 spiro atoms. The Hall–Kier alpha value is -1.36. The van der Waals surface area contributed by atoms with Crippen LogP contribution < -0.4 is 9.47 Å². The monoisotopic (exact) mass is 392 g/mol. The largest absolute Gasteiger partial charge is 0.490 e. The number of nitrogens with zero attached hydrogens (tertiary/aromatic N) is 2. The standard InChI is InChI=1S/C22H36N2O2S/c1-3-5-7-9-11-13-17-25-19-15-16-20-21(23-24-27-20)22(19)26-18-14-12-10-8-6-4-2/h15-16H,3-14,17-18H2,1-2H3. The summed E-state index contributed by atoms with van der Waals surface area (Å²) < 4.78 is 17.3. The molecule has 27 heavy (non-hydrogen) atoms. The lowest BCUT2D eigenvalue weighted by Gasteiger charge is -2.13. The molecule has 0 bridgehead atoms. The van der Waals surface area contributed by atoms with Crippen LogP contribution in [-0.4, -0.2) is 22.8 Å². The molecule has 0 saturated carbocycles. The van der Waals surface area contributed by atoms with Gasteiger partial charge in [-0.25, -0.2) is 0 Å². The topological polar surface area (TPSA) is 44.2 Å². The van der Waals surface area contributed by atoms with Crippen LogP contribution in [0.1, 0.15) is 90.9 Å². The molecule has 1 aromatic heterocycles. The molecule has 0 unspecified atom stereocenters. The van der Waals surface area contributed by atoms with Gasteiger partial charge in [-0.2, -0.15) is 0 Å². The lowest BCUT2D eigenvalue weighted by molar-refractivity contribution is 0.260. The minimum Gasteiger partial charge on any atom is -0.490 e. The van der Waals surface area contributed by atoms with Crippen LogP contribution in [0.2, 0.25) is 0 Å². The van der Waals surface area contributed by atoms with E-state index in [1.54, 1.807) is 0 Å². The Labute approximate surface area is 168 Å². The van der Waals surface area contributed by atoms with Gasteiger partial charge in [-0.05, 0) is 36.5 Å². The highest BCUT2D eigenvalue weighted by molar-refractivity contribution is 7.13. The smallest absolute Gasteiger partial charge is 0.190 e. The van der Waals surface area contributed by atoms with Gasteiger partial charge in [0.15, 0.2) is 17.0 Å². The van der Waals surface area contributed by atoms with Crippen molar-refractivity contribution in [1.82, 2.24) is 9.59 Å². The van der Waals surface area contributed by atoms with Crippen molar-refractivity contribution in [3.63, 3.8) is 0 Å². The molecule has 0 aliphatic rings. The van der Waals surface area contributed by atoms with Crippen molar-refractivity contribution in [1.29, 1.82) is 0 Å². The number of rotatable bonds is 16. The maximum absolute atomic E-state index is 6.10. The molecular weight excluding hydrogens is 356 g/mol. The van der Waals surface area contributed by atoms with Crippen molar-refractivity contribution in [3.05, 3.63) is 12.1 Å². The molecular formula is C22H36N2O2S. The van der Waals surface area contributed by atoms with Crippen LogP contribution in [0.4, 0.5) is 0 Å². The second-order valence-corrected chi connectivity index (χ2v) is 8.03. The second-order valence-electron chi connectivity index (χ2n) is 7.24. The van der Waals surface area contributed by atoms with Crippen molar-refractivity contribution in [2.24, 2.45) is 0 Å². The average molecular weight is 393 g/mol. The second kappa shape index (κ2) is 13.8. The van der Waals surface area contributed by atoms with Crippen molar-refractivity contribution in [2.45, 2.75) is 90.9 Å². The predicted octanol–water partition coefficient (Wildman–Crippen LogP) is 7.17. The number of hydrogen-bond acceptors (Lipinski definition) is 5. The molecule has 0 fully saturated rings. The van der Waals surface area contributed by atoms with E-state index in [1.165, 1.54) is 75.7 Å². The van der Waals surface area contributed by atoms with Crippen molar-refractivity contribution in [3.8, 4) is 11.5 Å². The summed E-state index contributed by atoms with van der Waals surface area (Å²) in [4.78, 5) is 0. The molecule has 4 nitrogen and oxygen atoms in total. The zero-order valence-corrected chi connectivity index (χ0v) is 18.0. The first-order valence-electron chi connectivity index (χ1n) is 10.9. The first-order valence-corrected chi connectivity index (χ1v) is 11.6. The highest BCUT2D eigenvalue weighted by Crippen LogP contribution is 2.36. The van der Waals surface area contributed by atoms with Crippen LogP contribution in [0.3, 0.4) is 0 Å². The summed E-state index contributed by atoms with van der Waals surface area (Å²) in [7, 11) is 0. The number of ether oxygens (including phenoxy) is 2. The van der Waals surface area contributed by atoms with Gasteiger partial charge in [-0.15, -0.1) is 5.10 Å². The van der Waals surface area contributed by atoms with Crippen LogP contribution in [0.5, 0.6) is 11.5 Å². The first-order chi connectivity index (χ1) is 13.4. The summed E-state index contributed by atoms with van der Waals surface area (Å²) in [6.07, 6.45) is 15.1. The fourth-order valence-corrected chi connectivity index (χ4v) is 3.74. The third-order valence-electron chi connectivity index (χ3n) is 4.84. The Balaban J connectivity index is 1.79. The lowest BCUT2D eigenvalue weighted by atomic mass is 10.1. The first kappa shape index (κ1) is 21.9. The van der Waals surface area contributed by atoms with Gasteiger partial charge in [0.2, 0.25) is 0 Å². The average Bonchev–Trinajstić information content (AvgIpc) is 3.16. The van der Waals surface area contributed by atoms with Gasteiger partial charge < -0.3 is 9.47 Å². The molecule has 0 aliphatic carbocycles. The molecule has 0 radical (unpaired) electrons. The van der Waals surface area contributed by atoms with Crippen LogP contribution in [0.25, 0.3) is 10.2 Å². The van der Waals surface area contributed by atoms with Gasteiger partial charge in [0.05, 0.1) is 17.9 Å². The molecule has 1 heterocycles. The number of aromatic nitrogens is 2. The normalized spacial score (nSPS) is 11.2. The summed E-state index contributed by atoms with van der Waals surface area (Å²) in [6, 6.07) is 4.05. The molecule has 2 aromatic rings. The van der Waals surface area contributed by atoms with Crippen LogP contribution in [0.15, 0.2) is 12.1 Å². The third kappa shape index (κ3) is 8.04. The Kier molecular flexibility index (Phi) is 11.2. The van der Waals surface area contributed by atoms with E-state index in [0.717, 1.165) is 47.8 Å². The molecule has 0 amide bonds. The lowest BCUT2D eigenvalue weighted by Crippen LogP contribution is -2.03. The third-order valence-corrected chi connectivity index (χ3v) is 5.53. The summed E-state index contributed by atoms with van der Waals surface area (Å²) in [5, 5.41) is 4.26. The van der Waals surface area contributed by atoms with Gasteiger partial charge in [0, 0.05) is 0 Å². The minimum atomic E-state index is 0.718. The van der Waals surface area contributed by atoms with E-state index < -0.39 is 0 Å². The number of hydrogen-bond donors (Lipinski definition) is 0. The fraction of sp³-hybridized carbons (Fsp3) is 0.727. The van der Waals surface area contributed by atoms with E-state index in [9.17, 15) is 0 Å². The Morgan fingerprint density at radius 1 is 0.741 bits per heavy atom. The molecule has 0 saturated heterocycles. The Morgan fingerprint density at radius 2 is 1.33 bits per heavy atom. The Bertz CT molecular complexity index is 630. The van der Waals surface area contributed by atoms with Gasteiger partial charge in [0.25, 0.3) is 0 Å². The SMILES string of the molecule is CCCCCCCCOc1ccc2snnc2c1OCCCCCCCC. The minimum absolute atomic E-state index is 0.718. The van der Waals surface area contributed by atoms with Gasteiger partial charge in [0.1, 0.15) is 0 Å².